The number of alkyl halides is 1. The van der Waals surface area contributed by atoms with Crippen LogP contribution < -0.4 is 0 Å². The number of halogens is 1. The molecule has 96 valence electrons. The Hall–Kier alpha value is -0.440. The molecule has 0 aliphatic rings. The third-order valence-corrected chi connectivity index (χ3v) is 2.04. The fourth-order valence-corrected chi connectivity index (χ4v) is 0.363. The van der Waals surface area contributed by atoms with E-state index in [0.717, 1.165) is 6.42 Å². The highest BCUT2D eigenvalue weighted by molar-refractivity contribution is 6.23. The van der Waals surface area contributed by atoms with Crippen LogP contribution in [0.5, 0.6) is 0 Å². The van der Waals surface area contributed by atoms with Crippen molar-refractivity contribution in [2.24, 2.45) is 10.2 Å². The average Bonchev–Trinajstić information content (AvgIpc) is 2.15. The Labute approximate surface area is 105 Å². The minimum atomic E-state index is -0.521. The van der Waals surface area contributed by atoms with Crippen LogP contribution in [0.3, 0.4) is 0 Å². The summed E-state index contributed by atoms with van der Waals surface area (Å²) < 4.78 is 0. The average molecular weight is 249 g/mol. The SMILES string of the molecule is CCC(C)(Cl)N=NC(C)(C)C.CCC(C)=O. The van der Waals surface area contributed by atoms with Gasteiger partial charge < -0.3 is 4.79 Å². The normalized spacial score (nSPS) is 15.2. The van der Waals surface area contributed by atoms with E-state index in [1.54, 1.807) is 6.92 Å². The predicted molar refractivity (Wildman–Crippen MR) is 70.1 cm³/mol. The summed E-state index contributed by atoms with van der Waals surface area (Å²) in [6, 6.07) is 0. The molecule has 1 atom stereocenters. The van der Waals surface area contributed by atoms with Gasteiger partial charge in [-0.15, -0.1) is 0 Å². The van der Waals surface area contributed by atoms with Gasteiger partial charge in [-0.1, -0.05) is 25.4 Å². The smallest absolute Gasteiger partial charge is 0.151 e. The fourth-order valence-electron chi connectivity index (χ4n) is 0.325. The molecule has 0 aliphatic carbocycles. The highest BCUT2D eigenvalue weighted by Crippen LogP contribution is 2.22. The Balaban J connectivity index is 0. The largest absolute Gasteiger partial charge is 0.300 e. The van der Waals surface area contributed by atoms with E-state index in [9.17, 15) is 4.79 Å². The van der Waals surface area contributed by atoms with Gasteiger partial charge >= 0.3 is 0 Å². The van der Waals surface area contributed by atoms with Gasteiger partial charge in [0, 0.05) is 6.42 Å². The van der Waals surface area contributed by atoms with Crippen molar-refractivity contribution in [3.8, 4) is 0 Å². The van der Waals surface area contributed by atoms with Gasteiger partial charge in [0.05, 0.1) is 5.54 Å². The number of azo groups is 1. The zero-order valence-electron chi connectivity index (χ0n) is 11.6. The summed E-state index contributed by atoms with van der Waals surface area (Å²) in [5, 5.41) is 8.13. The zero-order chi connectivity index (χ0) is 13.4. The van der Waals surface area contributed by atoms with Crippen LogP contribution in [0, 0.1) is 0 Å². The van der Waals surface area contributed by atoms with Crippen LogP contribution in [0.2, 0.25) is 0 Å². The van der Waals surface area contributed by atoms with E-state index < -0.39 is 5.00 Å². The molecular weight excluding hydrogens is 224 g/mol. The Morgan fingerprint density at radius 2 is 1.50 bits per heavy atom. The number of Topliss-reactive ketones (excluding diaryl/α,β-unsaturated/α-hetero) is 1. The standard InChI is InChI=1S/C8H17ClN2.C4H8O/c1-6-8(5,9)11-10-7(2,3)4;1-3-4(2)5/h6H2,1-5H3;3H2,1-2H3. The highest BCUT2D eigenvalue weighted by atomic mass is 35.5. The molecule has 0 spiro atoms. The number of carbonyl (C=O) groups excluding carboxylic acids is 1. The van der Waals surface area contributed by atoms with Gasteiger partial charge in [0.1, 0.15) is 5.78 Å². The molecule has 0 radical (unpaired) electrons. The van der Waals surface area contributed by atoms with Crippen molar-refractivity contribution in [1.82, 2.24) is 0 Å². The Morgan fingerprint density at radius 1 is 1.12 bits per heavy atom. The van der Waals surface area contributed by atoms with E-state index in [2.05, 4.69) is 10.2 Å². The maximum atomic E-state index is 9.81. The van der Waals surface area contributed by atoms with Gasteiger partial charge in [-0.25, -0.2) is 0 Å². The molecule has 0 saturated heterocycles. The van der Waals surface area contributed by atoms with E-state index >= 15 is 0 Å². The van der Waals surface area contributed by atoms with Crippen molar-refractivity contribution in [1.29, 1.82) is 0 Å². The van der Waals surface area contributed by atoms with Crippen LogP contribution in [0.4, 0.5) is 0 Å². The van der Waals surface area contributed by atoms with E-state index in [1.165, 1.54) is 0 Å². The first-order valence-corrected chi connectivity index (χ1v) is 6.04. The number of ketones is 1. The van der Waals surface area contributed by atoms with Gasteiger partial charge in [-0.3, -0.25) is 0 Å². The first-order chi connectivity index (χ1) is 7.04. The molecule has 0 aliphatic heterocycles. The number of hydrogen-bond acceptors (Lipinski definition) is 3. The summed E-state index contributed by atoms with van der Waals surface area (Å²) in [5.41, 5.74) is -0.120. The third-order valence-electron chi connectivity index (χ3n) is 1.70. The number of carbonyl (C=O) groups is 1. The van der Waals surface area contributed by atoms with Crippen LogP contribution in [-0.2, 0) is 4.79 Å². The number of nitrogens with zero attached hydrogens (tertiary/aromatic N) is 2. The predicted octanol–water partition coefficient (Wildman–Crippen LogP) is 4.59. The quantitative estimate of drug-likeness (QED) is 0.409. The second-order valence-corrected chi connectivity index (χ2v) is 5.74. The molecule has 0 saturated carbocycles. The fraction of sp³-hybridized carbons (Fsp3) is 0.917. The van der Waals surface area contributed by atoms with E-state index in [4.69, 9.17) is 11.6 Å². The van der Waals surface area contributed by atoms with Gasteiger partial charge in [0.2, 0.25) is 0 Å². The Kier molecular flexibility index (Phi) is 8.71. The van der Waals surface area contributed by atoms with Crippen molar-refractivity contribution in [3.05, 3.63) is 0 Å². The Morgan fingerprint density at radius 3 is 1.69 bits per heavy atom. The molecule has 0 N–H and O–H groups in total. The van der Waals surface area contributed by atoms with Crippen molar-refractivity contribution < 1.29 is 4.79 Å². The van der Waals surface area contributed by atoms with Crippen molar-refractivity contribution in [3.63, 3.8) is 0 Å². The molecule has 0 aromatic carbocycles. The van der Waals surface area contributed by atoms with E-state index in [0.29, 0.717) is 6.42 Å². The molecule has 16 heavy (non-hydrogen) atoms. The maximum Gasteiger partial charge on any atom is 0.151 e. The molecule has 0 bridgehead atoms. The zero-order valence-corrected chi connectivity index (χ0v) is 12.4. The first kappa shape index (κ1) is 17.9. The molecule has 0 aromatic heterocycles. The molecule has 0 heterocycles. The first-order valence-electron chi connectivity index (χ1n) is 5.66. The van der Waals surface area contributed by atoms with Crippen LogP contribution in [-0.4, -0.2) is 16.3 Å². The molecule has 1 unspecified atom stereocenters. The summed E-state index contributed by atoms with van der Waals surface area (Å²) in [7, 11) is 0. The lowest BCUT2D eigenvalue weighted by Crippen LogP contribution is -2.14. The van der Waals surface area contributed by atoms with E-state index in [-0.39, 0.29) is 11.3 Å². The molecule has 4 heteroatoms. The van der Waals surface area contributed by atoms with Crippen LogP contribution >= 0.6 is 11.6 Å². The minimum Gasteiger partial charge on any atom is -0.300 e. The molecular formula is C12H25ClN2O. The number of rotatable bonds is 3. The van der Waals surface area contributed by atoms with E-state index in [1.807, 2.05) is 41.5 Å². The molecule has 0 fully saturated rings. The lowest BCUT2D eigenvalue weighted by Gasteiger charge is -2.16. The summed E-state index contributed by atoms with van der Waals surface area (Å²) >= 11 is 5.97. The second kappa shape index (κ2) is 7.77. The lowest BCUT2D eigenvalue weighted by atomic mass is 10.1. The van der Waals surface area contributed by atoms with Crippen molar-refractivity contribution in [2.75, 3.05) is 0 Å². The summed E-state index contributed by atoms with van der Waals surface area (Å²) in [6.07, 6.45) is 1.47. The third kappa shape index (κ3) is 16.0. The summed E-state index contributed by atoms with van der Waals surface area (Å²) in [5.74, 6) is 0.255. The molecule has 0 amide bonds. The molecule has 0 rings (SSSR count). The number of hydrogen-bond donors (Lipinski definition) is 0. The Bertz CT molecular complexity index is 230. The second-order valence-electron chi connectivity index (χ2n) is 4.92. The van der Waals surface area contributed by atoms with Crippen LogP contribution in [0.15, 0.2) is 10.2 Å². The monoisotopic (exact) mass is 248 g/mol. The lowest BCUT2D eigenvalue weighted by molar-refractivity contribution is -0.116. The van der Waals surface area contributed by atoms with Crippen LogP contribution in [0.25, 0.3) is 0 Å². The van der Waals surface area contributed by atoms with Crippen molar-refractivity contribution in [2.45, 2.75) is 71.8 Å². The summed E-state index contributed by atoms with van der Waals surface area (Å²) in [6.45, 7) is 13.3. The maximum absolute atomic E-state index is 9.81. The van der Waals surface area contributed by atoms with Gasteiger partial charge in [0.15, 0.2) is 5.00 Å². The molecule has 0 aromatic rings. The minimum absolute atomic E-state index is 0.120. The van der Waals surface area contributed by atoms with Gasteiger partial charge in [0.25, 0.3) is 0 Å². The van der Waals surface area contributed by atoms with Crippen molar-refractivity contribution >= 4 is 17.4 Å². The van der Waals surface area contributed by atoms with Gasteiger partial charge in [-0.2, -0.15) is 10.2 Å². The summed E-state index contributed by atoms with van der Waals surface area (Å²) in [4.78, 5) is 9.29. The topological polar surface area (TPSA) is 41.8 Å². The van der Waals surface area contributed by atoms with Crippen LogP contribution in [0.1, 0.15) is 61.3 Å². The molecule has 3 nitrogen and oxygen atoms in total. The highest BCUT2D eigenvalue weighted by Gasteiger charge is 2.18. The van der Waals surface area contributed by atoms with Gasteiger partial charge in [-0.05, 0) is 41.0 Å².